The van der Waals surface area contributed by atoms with Crippen LogP contribution in [-0.2, 0) is 16.2 Å². The number of hydrogen-bond acceptors (Lipinski definition) is 5. The smallest absolute Gasteiger partial charge is 0.313 e. The summed E-state index contributed by atoms with van der Waals surface area (Å²) >= 11 is 1.08. The Bertz CT molecular complexity index is 1200. The highest BCUT2D eigenvalue weighted by atomic mass is 32.2. The number of nitrogens with one attached hydrogen (secondary N) is 1. The lowest BCUT2D eigenvalue weighted by atomic mass is 10.0. The normalized spacial score (nSPS) is 11.3. The summed E-state index contributed by atoms with van der Waals surface area (Å²) in [4.78, 5) is 20.4. The molecular weight excluding hydrogens is 402 g/mol. The van der Waals surface area contributed by atoms with E-state index < -0.39 is 5.97 Å². The van der Waals surface area contributed by atoms with Crippen LogP contribution in [0.2, 0.25) is 0 Å². The number of carbonyl (C=O) groups is 1. The van der Waals surface area contributed by atoms with Gasteiger partial charge in [0.25, 0.3) is 0 Å². The quantitative estimate of drug-likeness (QED) is 0.228. The largest absolute Gasteiger partial charge is 0.481 e. The summed E-state index contributed by atoms with van der Waals surface area (Å²) in [5, 5.41) is 17.4. The van der Waals surface area contributed by atoms with E-state index in [9.17, 15) is 4.79 Å². The molecule has 2 aromatic heterocycles. The molecule has 0 fully saturated rings. The minimum atomic E-state index is -0.905. The average Bonchev–Trinajstić information content (AvgIpc) is 3.38. The van der Waals surface area contributed by atoms with Crippen molar-refractivity contribution in [1.82, 2.24) is 19.7 Å². The number of nitrogens with two attached hydrogens (primary N) is 1. The Morgan fingerprint density at radius 1 is 1.20 bits per heavy atom. The number of nitrogens with zero attached hydrogens (tertiary/aromatic N) is 3. The molecule has 2 aromatic carbocycles. The second-order valence-corrected chi connectivity index (χ2v) is 7.66. The SMILES string of the molecule is CCn1ccc2cc(-c3cc([NH2+]OC)cc(-c4nc(SCC(=O)O)n[nH]4)c3)ccc21. The Morgan fingerprint density at radius 3 is 2.80 bits per heavy atom. The highest BCUT2D eigenvalue weighted by Gasteiger charge is 2.13. The van der Waals surface area contributed by atoms with Gasteiger partial charge in [0.15, 0.2) is 11.5 Å². The van der Waals surface area contributed by atoms with Gasteiger partial charge in [-0.2, -0.15) is 5.48 Å². The number of aromatic nitrogens is 4. The zero-order valence-corrected chi connectivity index (χ0v) is 17.4. The first-order valence-electron chi connectivity index (χ1n) is 9.45. The summed E-state index contributed by atoms with van der Waals surface area (Å²) in [6.07, 6.45) is 2.10. The number of thioether (sulfide) groups is 1. The lowest BCUT2D eigenvalue weighted by Crippen LogP contribution is -2.75. The Kier molecular flexibility index (Phi) is 5.84. The van der Waals surface area contributed by atoms with Gasteiger partial charge in [0.1, 0.15) is 0 Å². The fourth-order valence-electron chi connectivity index (χ4n) is 3.38. The van der Waals surface area contributed by atoms with Gasteiger partial charge in [-0.05, 0) is 42.3 Å². The lowest BCUT2D eigenvalue weighted by molar-refractivity contribution is -0.830. The standard InChI is InChI=1S/C21H21N5O3S/c1-3-26-7-6-14-8-13(4-5-18(14)26)15-9-16(11-17(10-15)25-29-2)20-22-21(24-23-20)30-12-19(27)28/h4-11,25H,3,12H2,1-2H3,(H,27,28)(H,22,23,24)/p+1. The molecule has 0 atom stereocenters. The number of hydrogen-bond donors (Lipinski definition) is 3. The third-order valence-corrected chi connectivity index (χ3v) is 5.55. The Morgan fingerprint density at radius 2 is 2.03 bits per heavy atom. The van der Waals surface area contributed by atoms with Gasteiger partial charge in [0.05, 0.1) is 12.9 Å². The summed E-state index contributed by atoms with van der Waals surface area (Å²) in [6.45, 7) is 3.06. The first-order valence-corrected chi connectivity index (χ1v) is 10.4. The minimum absolute atomic E-state index is 0.0859. The zero-order valence-electron chi connectivity index (χ0n) is 16.6. The van der Waals surface area contributed by atoms with E-state index in [-0.39, 0.29) is 5.75 Å². The van der Waals surface area contributed by atoms with Crippen LogP contribution in [0.5, 0.6) is 0 Å². The van der Waals surface area contributed by atoms with Crippen molar-refractivity contribution in [3.05, 3.63) is 48.7 Å². The third-order valence-electron chi connectivity index (χ3n) is 4.72. The number of carboxylic acids is 1. The number of aliphatic carboxylic acids is 1. The predicted octanol–water partition coefficient (Wildman–Crippen LogP) is 3.05. The van der Waals surface area contributed by atoms with Crippen LogP contribution < -0.4 is 5.48 Å². The van der Waals surface area contributed by atoms with Gasteiger partial charge in [-0.3, -0.25) is 9.89 Å². The van der Waals surface area contributed by atoms with E-state index >= 15 is 0 Å². The highest BCUT2D eigenvalue weighted by molar-refractivity contribution is 7.99. The number of H-pyrrole nitrogens is 1. The highest BCUT2D eigenvalue weighted by Crippen LogP contribution is 2.30. The van der Waals surface area contributed by atoms with Gasteiger partial charge in [0.2, 0.25) is 5.16 Å². The van der Waals surface area contributed by atoms with E-state index in [1.54, 1.807) is 12.6 Å². The first kappa shape index (κ1) is 20.1. The lowest BCUT2D eigenvalue weighted by Gasteiger charge is -2.08. The van der Waals surface area contributed by atoms with Crippen molar-refractivity contribution in [2.75, 3.05) is 12.9 Å². The number of aryl methyl sites for hydroxylation is 1. The first-order chi connectivity index (χ1) is 14.6. The molecule has 4 N–H and O–H groups in total. The third kappa shape index (κ3) is 4.23. The van der Waals surface area contributed by atoms with Gasteiger partial charge in [-0.25, -0.2) is 9.82 Å². The second-order valence-electron chi connectivity index (χ2n) is 6.72. The number of carboxylic acid groups (broad SMARTS) is 1. The van der Waals surface area contributed by atoms with Crippen LogP contribution in [0.3, 0.4) is 0 Å². The summed E-state index contributed by atoms with van der Waals surface area (Å²) < 4.78 is 2.21. The molecule has 2 heterocycles. The van der Waals surface area contributed by atoms with Crippen LogP contribution in [0, 0.1) is 0 Å². The summed E-state index contributed by atoms with van der Waals surface area (Å²) in [5.41, 5.74) is 6.73. The van der Waals surface area contributed by atoms with E-state index in [4.69, 9.17) is 9.94 Å². The maximum Gasteiger partial charge on any atom is 0.313 e. The molecule has 0 bridgehead atoms. The average molecular weight is 425 g/mol. The molecule has 0 aliphatic heterocycles. The molecule has 30 heavy (non-hydrogen) atoms. The number of benzene rings is 2. The molecule has 0 saturated carbocycles. The Hall–Kier alpha value is -3.14. The number of quaternary nitrogens is 1. The molecule has 0 saturated heterocycles. The molecule has 9 heteroatoms. The molecule has 0 aliphatic rings. The van der Waals surface area contributed by atoms with Crippen molar-refractivity contribution in [3.63, 3.8) is 0 Å². The van der Waals surface area contributed by atoms with Crippen LogP contribution in [0.15, 0.2) is 53.8 Å². The van der Waals surface area contributed by atoms with Crippen molar-refractivity contribution < 1.29 is 20.2 Å². The van der Waals surface area contributed by atoms with Gasteiger partial charge in [-0.1, -0.05) is 17.8 Å². The number of fused-ring (bicyclic) bond motifs is 1. The van der Waals surface area contributed by atoms with Gasteiger partial charge in [-0.15, -0.1) is 5.10 Å². The van der Waals surface area contributed by atoms with Crippen molar-refractivity contribution in [2.45, 2.75) is 18.6 Å². The summed E-state index contributed by atoms with van der Waals surface area (Å²) in [6, 6.07) is 14.6. The Balaban J connectivity index is 1.72. The van der Waals surface area contributed by atoms with Crippen LogP contribution >= 0.6 is 11.8 Å². The van der Waals surface area contributed by atoms with Gasteiger partial charge >= 0.3 is 5.97 Å². The van der Waals surface area contributed by atoms with Crippen molar-refractivity contribution >= 4 is 34.3 Å². The molecule has 0 radical (unpaired) electrons. The molecule has 0 spiro atoms. The minimum Gasteiger partial charge on any atom is -0.481 e. The van der Waals surface area contributed by atoms with Crippen molar-refractivity contribution in [2.24, 2.45) is 0 Å². The van der Waals surface area contributed by atoms with Crippen LogP contribution in [0.25, 0.3) is 33.4 Å². The monoisotopic (exact) mass is 424 g/mol. The number of aromatic amines is 1. The number of rotatable bonds is 8. The predicted molar refractivity (Wildman–Crippen MR) is 115 cm³/mol. The molecule has 0 aliphatic carbocycles. The maximum atomic E-state index is 10.8. The molecule has 4 rings (SSSR count). The fraction of sp³-hybridized carbons (Fsp3) is 0.190. The van der Waals surface area contributed by atoms with Crippen LogP contribution in [0.1, 0.15) is 6.92 Å². The second kappa shape index (κ2) is 8.70. The van der Waals surface area contributed by atoms with Gasteiger partial charge in [0, 0.05) is 41.3 Å². The van der Waals surface area contributed by atoms with E-state index in [2.05, 4.69) is 63.2 Å². The molecule has 0 amide bonds. The van der Waals surface area contributed by atoms with E-state index in [1.807, 2.05) is 12.1 Å². The molecule has 4 aromatic rings. The van der Waals surface area contributed by atoms with Crippen molar-refractivity contribution in [1.29, 1.82) is 0 Å². The summed E-state index contributed by atoms with van der Waals surface area (Å²) in [7, 11) is 1.61. The topological polar surface area (TPSA) is 110 Å². The molecule has 8 nitrogen and oxygen atoms in total. The molecule has 154 valence electrons. The van der Waals surface area contributed by atoms with E-state index in [0.29, 0.717) is 11.0 Å². The van der Waals surface area contributed by atoms with E-state index in [1.165, 1.54) is 10.9 Å². The van der Waals surface area contributed by atoms with Crippen LogP contribution in [0.4, 0.5) is 5.69 Å². The molecule has 0 unspecified atom stereocenters. The summed E-state index contributed by atoms with van der Waals surface area (Å²) in [5.74, 6) is -0.413. The molecular formula is C21H22N5O3S+. The zero-order chi connectivity index (χ0) is 21.1. The fourth-order valence-corrected chi connectivity index (χ4v) is 3.90. The van der Waals surface area contributed by atoms with Crippen LogP contribution in [-0.4, -0.2) is 43.7 Å². The Labute approximate surface area is 177 Å². The van der Waals surface area contributed by atoms with Gasteiger partial charge < -0.3 is 9.67 Å². The van der Waals surface area contributed by atoms with E-state index in [0.717, 1.165) is 40.7 Å². The van der Waals surface area contributed by atoms with Crippen molar-refractivity contribution in [3.8, 4) is 22.5 Å². The maximum absolute atomic E-state index is 10.8.